The number of rotatable bonds is 4. The third-order valence-corrected chi connectivity index (χ3v) is 3.67. The Balaban J connectivity index is 2.55. The molecule has 0 spiro atoms. The van der Waals surface area contributed by atoms with Crippen molar-refractivity contribution in [3.8, 4) is 11.4 Å². The van der Waals surface area contributed by atoms with E-state index in [4.69, 9.17) is 23.2 Å². The Morgan fingerprint density at radius 1 is 1.26 bits per heavy atom. The summed E-state index contributed by atoms with van der Waals surface area (Å²) in [5.41, 5.74) is 1.94. The van der Waals surface area contributed by atoms with Gasteiger partial charge in [-0.3, -0.25) is 0 Å². The minimum atomic E-state index is 0.350. The van der Waals surface area contributed by atoms with Gasteiger partial charge in [-0.25, -0.2) is 0 Å². The molecule has 1 aromatic carbocycles. The van der Waals surface area contributed by atoms with Crippen molar-refractivity contribution in [2.75, 3.05) is 0 Å². The van der Waals surface area contributed by atoms with Crippen molar-refractivity contribution in [1.82, 2.24) is 14.8 Å². The first-order valence-corrected chi connectivity index (χ1v) is 7.19. The maximum atomic E-state index is 6.37. The normalized spacial score (nSPS) is 11.3. The van der Waals surface area contributed by atoms with E-state index in [1.165, 1.54) is 0 Å². The molecule has 0 radical (unpaired) electrons. The van der Waals surface area contributed by atoms with E-state index >= 15 is 0 Å². The summed E-state index contributed by atoms with van der Waals surface area (Å²) in [6.45, 7) is 7.12. The Kier molecular flexibility index (Phi) is 4.48. The fourth-order valence-corrected chi connectivity index (χ4v) is 2.42. The highest BCUT2D eigenvalue weighted by atomic mass is 35.5. The fourth-order valence-electron chi connectivity index (χ4n) is 2.01. The maximum absolute atomic E-state index is 6.37. The van der Waals surface area contributed by atoms with Crippen LogP contribution in [0.3, 0.4) is 0 Å². The van der Waals surface area contributed by atoms with Gasteiger partial charge in [-0.2, -0.15) is 0 Å². The molecule has 0 atom stereocenters. The van der Waals surface area contributed by atoms with Gasteiger partial charge >= 0.3 is 0 Å². The monoisotopic (exact) mass is 297 g/mol. The summed E-state index contributed by atoms with van der Waals surface area (Å²) in [5.74, 6) is 2.41. The molecule has 0 aliphatic heterocycles. The molecule has 0 fully saturated rings. The van der Waals surface area contributed by atoms with Crippen molar-refractivity contribution in [3.05, 3.63) is 34.6 Å². The van der Waals surface area contributed by atoms with Crippen LogP contribution in [0.25, 0.3) is 11.4 Å². The maximum Gasteiger partial charge on any atom is 0.165 e. The molecule has 0 N–H and O–H groups in total. The van der Waals surface area contributed by atoms with Crippen LogP contribution in [-0.4, -0.2) is 14.8 Å². The second-order valence-corrected chi connectivity index (χ2v) is 5.66. The lowest BCUT2D eigenvalue weighted by Crippen LogP contribution is -2.09. The lowest BCUT2D eigenvalue weighted by molar-refractivity contribution is 0.515. The molecule has 2 rings (SSSR count). The zero-order valence-corrected chi connectivity index (χ0v) is 12.8. The molecule has 0 aliphatic carbocycles. The van der Waals surface area contributed by atoms with Crippen LogP contribution in [0.1, 0.15) is 25.2 Å². The molecule has 0 aliphatic rings. The van der Waals surface area contributed by atoms with Gasteiger partial charge in [0.2, 0.25) is 0 Å². The lowest BCUT2D eigenvalue weighted by atomic mass is 10.1. The van der Waals surface area contributed by atoms with Crippen molar-refractivity contribution in [3.63, 3.8) is 0 Å². The van der Waals surface area contributed by atoms with Gasteiger partial charge in [-0.15, -0.1) is 21.8 Å². The van der Waals surface area contributed by atoms with Crippen LogP contribution in [0.5, 0.6) is 0 Å². The van der Waals surface area contributed by atoms with Gasteiger partial charge in [0.25, 0.3) is 0 Å². The highest BCUT2D eigenvalue weighted by molar-refractivity contribution is 6.33. The largest absolute Gasteiger partial charge is 0.310 e. The molecule has 3 nitrogen and oxygen atoms in total. The molecule has 0 saturated carbocycles. The first kappa shape index (κ1) is 14.4. The summed E-state index contributed by atoms with van der Waals surface area (Å²) < 4.78 is 2.05. The van der Waals surface area contributed by atoms with E-state index in [-0.39, 0.29) is 0 Å². The lowest BCUT2D eigenvalue weighted by Gasteiger charge is -2.13. The Morgan fingerprint density at radius 3 is 2.63 bits per heavy atom. The Labute approximate surface area is 123 Å². The van der Waals surface area contributed by atoms with E-state index in [9.17, 15) is 0 Å². The number of alkyl halides is 1. The smallest absolute Gasteiger partial charge is 0.165 e. The molecule has 2 aromatic rings. The Bertz CT molecular complexity index is 576. The van der Waals surface area contributed by atoms with Crippen LogP contribution in [0.15, 0.2) is 18.2 Å². The number of nitrogens with zero attached hydrogens (tertiary/aromatic N) is 3. The second kappa shape index (κ2) is 5.93. The number of aryl methyl sites for hydroxylation is 1. The summed E-state index contributed by atoms with van der Waals surface area (Å²) in [6, 6.07) is 5.93. The van der Waals surface area contributed by atoms with Gasteiger partial charge in [-0.1, -0.05) is 37.6 Å². The summed E-state index contributed by atoms with van der Waals surface area (Å²) in [6.07, 6.45) is 0. The number of halogens is 2. The van der Waals surface area contributed by atoms with Crippen LogP contribution in [-0.2, 0) is 12.4 Å². The van der Waals surface area contributed by atoms with E-state index in [2.05, 4.69) is 28.6 Å². The van der Waals surface area contributed by atoms with Gasteiger partial charge in [0.15, 0.2) is 5.82 Å². The standard InChI is InChI=1S/C14H17Cl2N3/c1-9(2)8-19-12(7-15)17-18-14(19)11-6-4-5-10(3)13(11)16/h4-6,9H,7-8H2,1-3H3. The predicted octanol–water partition coefficient (Wildman–Crippen LogP) is 4.30. The third kappa shape index (κ3) is 2.93. The van der Waals surface area contributed by atoms with Gasteiger partial charge in [0, 0.05) is 12.1 Å². The van der Waals surface area contributed by atoms with Crippen LogP contribution < -0.4 is 0 Å². The average molecular weight is 298 g/mol. The van der Waals surface area contributed by atoms with Gasteiger partial charge in [0.05, 0.1) is 10.9 Å². The highest BCUT2D eigenvalue weighted by Gasteiger charge is 2.17. The molecule has 0 saturated heterocycles. The summed E-state index contributed by atoms with van der Waals surface area (Å²) in [4.78, 5) is 0. The van der Waals surface area contributed by atoms with E-state index < -0.39 is 0 Å². The quantitative estimate of drug-likeness (QED) is 0.788. The van der Waals surface area contributed by atoms with E-state index in [0.29, 0.717) is 11.8 Å². The minimum absolute atomic E-state index is 0.350. The van der Waals surface area contributed by atoms with E-state index in [1.54, 1.807) is 0 Å². The molecule has 19 heavy (non-hydrogen) atoms. The Morgan fingerprint density at radius 2 is 2.00 bits per heavy atom. The third-order valence-electron chi connectivity index (χ3n) is 2.93. The number of hydrogen-bond acceptors (Lipinski definition) is 2. The molecule has 1 aromatic heterocycles. The van der Waals surface area contributed by atoms with Crippen LogP contribution >= 0.6 is 23.2 Å². The topological polar surface area (TPSA) is 30.7 Å². The summed E-state index contributed by atoms with van der Waals surface area (Å²) >= 11 is 12.3. The van der Waals surface area contributed by atoms with Crippen molar-refractivity contribution < 1.29 is 0 Å². The molecule has 1 heterocycles. The van der Waals surface area contributed by atoms with Crippen molar-refractivity contribution in [2.45, 2.75) is 33.2 Å². The number of aromatic nitrogens is 3. The molecule has 0 unspecified atom stereocenters. The zero-order valence-electron chi connectivity index (χ0n) is 11.3. The SMILES string of the molecule is Cc1cccc(-c2nnc(CCl)n2CC(C)C)c1Cl. The molecule has 0 amide bonds. The van der Waals surface area contributed by atoms with Crippen molar-refractivity contribution in [2.24, 2.45) is 5.92 Å². The van der Waals surface area contributed by atoms with Crippen molar-refractivity contribution >= 4 is 23.2 Å². The summed E-state index contributed by atoms with van der Waals surface area (Å²) in [5, 5.41) is 9.14. The zero-order chi connectivity index (χ0) is 14.0. The molecular weight excluding hydrogens is 281 g/mol. The van der Waals surface area contributed by atoms with Crippen LogP contribution in [0.4, 0.5) is 0 Å². The summed E-state index contributed by atoms with van der Waals surface area (Å²) in [7, 11) is 0. The van der Waals surface area contributed by atoms with Gasteiger partial charge in [0.1, 0.15) is 5.82 Å². The Hall–Kier alpha value is -1.06. The number of hydrogen-bond donors (Lipinski definition) is 0. The minimum Gasteiger partial charge on any atom is -0.310 e. The first-order valence-electron chi connectivity index (χ1n) is 6.28. The van der Waals surface area contributed by atoms with Gasteiger partial charge < -0.3 is 4.57 Å². The van der Waals surface area contributed by atoms with Crippen molar-refractivity contribution in [1.29, 1.82) is 0 Å². The highest BCUT2D eigenvalue weighted by Crippen LogP contribution is 2.30. The van der Waals surface area contributed by atoms with Gasteiger partial charge in [-0.05, 0) is 24.5 Å². The number of benzene rings is 1. The second-order valence-electron chi connectivity index (χ2n) is 5.01. The average Bonchev–Trinajstić information content (AvgIpc) is 2.75. The molecule has 102 valence electrons. The first-order chi connectivity index (χ1) is 9.04. The molecular formula is C14H17Cl2N3. The predicted molar refractivity (Wildman–Crippen MR) is 79.6 cm³/mol. The van der Waals surface area contributed by atoms with E-state index in [0.717, 1.165) is 34.3 Å². The fraction of sp³-hybridized carbons (Fsp3) is 0.429. The van der Waals surface area contributed by atoms with E-state index in [1.807, 2.05) is 25.1 Å². The molecule has 0 bridgehead atoms. The van der Waals surface area contributed by atoms with Crippen LogP contribution in [0.2, 0.25) is 5.02 Å². The van der Waals surface area contributed by atoms with Crippen LogP contribution in [0, 0.1) is 12.8 Å². The molecule has 5 heteroatoms.